The van der Waals surface area contributed by atoms with Gasteiger partial charge in [0.15, 0.2) is 11.6 Å². The number of phenols is 1. The zero-order chi connectivity index (χ0) is 14.9. The number of hydrogen-bond acceptors (Lipinski definition) is 4. The molecule has 4 nitrogen and oxygen atoms in total. The number of allylic oxidation sites excluding steroid dienone is 1. The third-order valence-electron chi connectivity index (χ3n) is 2.68. The van der Waals surface area contributed by atoms with Gasteiger partial charge in [0, 0.05) is 22.4 Å². The summed E-state index contributed by atoms with van der Waals surface area (Å²) in [6, 6.07) is 3.02. The van der Waals surface area contributed by atoms with Crippen LogP contribution >= 0.6 is 23.2 Å². The van der Waals surface area contributed by atoms with E-state index >= 15 is 0 Å². The van der Waals surface area contributed by atoms with Gasteiger partial charge in [-0.2, -0.15) is 0 Å². The van der Waals surface area contributed by atoms with E-state index in [9.17, 15) is 9.50 Å². The van der Waals surface area contributed by atoms with Gasteiger partial charge in [-0.15, -0.1) is 0 Å². The second-order valence-corrected chi connectivity index (χ2v) is 4.95. The third-order valence-corrected chi connectivity index (χ3v) is 3.33. The van der Waals surface area contributed by atoms with E-state index in [0.717, 1.165) is 6.07 Å². The van der Waals surface area contributed by atoms with Crippen LogP contribution in [0, 0.1) is 5.82 Å². The zero-order valence-electron chi connectivity index (χ0n) is 10.1. The molecular weight excluding hydrogens is 306 g/mol. The molecule has 2 rings (SSSR count). The standard InChI is InChI=1S/C13H11Cl2FN2O2/c14-9-5-7(19)4-8(12(9)17)13(15)18-6-1-2-11(20)10(16)3-6/h1-5,12,18-20H,17H2/b13-8-. The Kier molecular flexibility index (Phi) is 4.23. The number of aliphatic hydroxyl groups excluding tert-OH is 1. The topological polar surface area (TPSA) is 78.5 Å². The van der Waals surface area contributed by atoms with Gasteiger partial charge in [0.25, 0.3) is 0 Å². The van der Waals surface area contributed by atoms with Crippen molar-refractivity contribution < 1.29 is 14.6 Å². The second kappa shape index (κ2) is 5.75. The molecule has 106 valence electrons. The summed E-state index contributed by atoms with van der Waals surface area (Å²) in [7, 11) is 0. The number of benzene rings is 1. The quantitative estimate of drug-likeness (QED) is 0.498. The Morgan fingerprint density at radius 1 is 1.30 bits per heavy atom. The average molecular weight is 317 g/mol. The van der Waals surface area contributed by atoms with Crippen molar-refractivity contribution in [3.8, 4) is 5.75 Å². The molecule has 1 unspecified atom stereocenters. The van der Waals surface area contributed by atoms with Crippen molar-refractivity contribution in [2.24, 2.45) is 5.73 Å². The highest BCUT2D eigenvalue weighted by Gasteiger charge is 2.20. The maximum atomic E-state index is 13.2. The molecule has 7 heteroatoms. The monoisotopic (exact) mass is 316 g/mol. The third kappa shape index (κ3) is 3.07. The summed E-state index contributed by atoms with van der Waals surface area (Å²) in [5.74, 6) is -1.32. The van der Waals surface area contributed by atoms with Crippen LogP contribution in [0.4, 0.5) is 10.1 Å². The molecule has 0 heterocycles. The van der Waals surface area contributed by atoms with Gasteiger partial charge in [-0.1, -0.05) is 23.2 Å². The summed E-state index contributed by atoms with van der Waals surface area (Å²) < 4.78 is 13.2. The molecule has 0 saturated carbocycles. The minimum atomic E-state index is -0.784. The number of nitrogens with one attached hydrogen (secondary N) is 1. The van der Waals surface area contributed by atoms with Gasteiger partial charge in [0.2, 0.25) is 0 Å². The number of anilines is 1. The molecule has 5 N–H and O–H groups in total. The molecule has 0 aromatic heterocycles. The Morgan fingerprint density at radius 3 is 2.65 bits per heavy atom. The van der Waals surface area contributed by atoms with Gasteiger partial charge in [0.1, 0.15) is 10.9 Å². The summed E-state index contributed by atoms with van der Waals surface area (Å²) in [5, 5.41) is 21.7. The lowest BCUT2D eigenvalue weighted by Gasteiger charge is -2.19. The van der Waals surface area contributed by atoms with Crippen LogP contribution in [0.25, 0.3) is 0 Å². The van der Waals surface area contributed by atoms with E-state index in [-0.39, 0.29) is 15.9 Å². The Balaban J connectivity index is 2.30. The minimum absolute atomic E-state index is 0.0801. The molecular formula is C13H11Cl2FN2O2. The van der Waals surface area contributed by atoms with E-state index in [2.05, 4.69) is 5.32 Å². The Morgan fingerprint density at radius 2 is 2.00 bits per heavy atom. The van der Waals surface area contributed by atoms with Crippen molar-refractivity contribution in [3.05, 3.63) is 57.7 Å². The van der Waals surface area contributed by atoms with Crippen LogP contribution in [0.3, 0.4) is 0 Å². The average Bonchev–Trinajstić information content (AvgIpc) is 2.38. The van der Waals surface area contributed by atoms with Crippen molar-refractivity contribution in [1.82, 2.24) is 0 Å². The summed E-state index contributed by atoms with van der Waals surface area (Å²) in [6.07, 6.45) is 2.68. The summed E-state index contributed by atoms with van der Waals surface area (Å²) in [4.78, 5) is 0. The molecule has 1 atom stereocenters. The molecule has 0 spiro atoms. The fourth-order valence-electron chi connectivity index (χ4n) is 1.65. The number of aromatic hydroxyl groups is 1. The minimum Gasteiger partial charge on any atom is -0.508 e. The predicted molar refractivity (Wildman–Crippen MR) is 77.2 cm³/mol. The van der Waals surface area contributed by atoms with Crippen LogP contribution in [0.1, 0.15) is 0 Å². The Hall–Kier alpha value is -1.69. The van der Waals surface area contributed by atoms with Crippen molar-refractivity contribution in [1.29, 1.82) is 0 Å². The normalized spacial score (nSPS) is 21.1. The van der Waals surface area contributed by atoms with Crippen molar-refractivity contribution >= 4 is 28.9 Å². The first-order valence-corrected chi connectivity index (χ1v) is 6.32. The summed E-state index contributed by atoms with van der Waals surface area (Å²) in [6.45, 7) is 0. The zero-order valence-corrected chi connectivity index (χ0v) is 11.6. The van der Waals surface area contributed by atoms with Gasteiger partial charge in [-0.3, -0.25) is 0 Å². The molecule has 0 saturated heterocycles. The van der Waals surface area contributed by atoms with E-state index in [1.165, 1.54) is 24.3 Å². The molecule has 0 aliphatic heterocycles. The van der Waals surface area contributed by atoms with Crippen LogP contribution in [-0.2, 0) is 0 Å². The fourth-order valence-corrected chi connectivity index (χ4v) is 2.16. The first kappa shape index (κ1) is 14.7. The first-order valence-electron chi connectivity index (χ1n) is 5.57. The van der Waals surface area contributed by atoms with Crippen molar-refractivity contribution in [2.75, 3.05) is 5.32 Å². The molecule has 0 radical (unpaired) electrons. The number of rotatable bonds is 2. The van der Waals surface area contributed by atoms with Crippen LogP contribution in [0.2, 0.25) is 0 Å². The Labute approximate surface area is 124 Å². The molecule has 1 aromatic carbocycles. The number of halogens is 3. The van der Waals surface area contributed by atoms with Crippen molar-refractivity contribution in [3.63, 3.8) is 0 Å². The fraction of sp³-hybridized carbons (Fsp3) is 0.0769. The first-order chi connectivity index (χ1) is 9.38. The van der Waals surface area contributed by atoms with Crippen LogP contribution < -0.4 is 11.1 Å². The molecule has 1 aliphatic carbocycles. The van der Waals surface area contributed by atoms with Gasteiger partial charge in [-0.25, -0.2) is 4.39 Å². The number of nitrogens with two attached hydrogens (primary N) is 1. The largest absolute Gasteiger partial charge is 0.508 e. The van der Waals surface area contributed by atoms with Gasteiger partial charge in [-0.05, 0) is 24.3 Å². The van der Waals surface area contributed by atoms with E-state index in [0.29, 0.717) is 11.3 Å². The highest BCUT2D eigenvalue weighted by molar-refractivity contribution is 6.33. The lowest BCUT2D eigenvalue weighted by Crippen LogP contribution is -2.26. The Bertz CT molecular complexity index is 641. The van der Waals surface area contributed by atoms with Crippen LogP contribution in [-0.4, -0.2) is 16.3 Å². The number of phenolic OH excluding ortho intramolecular Hbond substituents is 1. The predicted octanol–water partition coefficient (Wildman–Crippen LogP) is 3.30. The van der Waals surface area contributed by atoms with E-state index in [4.69, 9.17) is 34.0 Å². The van der Waals surface area contributed by atoms with Gasteiger partial charge in [0.05, 0.1) is 6.04 Å². The second-order valence-electron chi connectivity index (χ2n) is 4.14. The van der Waals surface area contributed by atoms with Gasteiger partial charge < -0.3 is 21.3 Å². The smallest absolute Gasteiger partial charge is 0.166 e. The molecule has 0 bridgehead atoms. The van der Waals surface area contributed by atoms with E-state index < -0.39 is 17.6 Å². The van der Waals surface area contributed by atoms with Gasteiger partial charge >= 0.3 is 0 Å². The lowest BCUT2D eigenvalue weighted by atomic mass is 10.0. The maximum Gasteiger partial charge on any atom is 0.166 e. The molecule has 20 heavy (non-hydrogen) atoms. The molecule has 1 aliphatic rings. The summed E-state index contributed by atoms with van der Waals surface area (Å²) in [5.41, 5.74) is 6.53. The summed E-state index contributed by atoms with van der Waals surface area (Å²) >= 11 is 11.9. The lowest BCUT2D eigenvalue weighted by molar-refractivity contribution is 0.429. The highest BCUT2D eigenvalue weighted by atomic mass is 35.5. The molecule has 0 fully saturated rings. The highest BCUT2D eigenvalue weighted by Crippen LogP contribution is 2.28. The van der Waals surface area contributed by atoms with Crippen molar-refractivity contribution in [2.45, 2.75) is 6.04 Å². The number of hydrogen-bond donors (Lipinski definition) is 4. The van der Waals surface area contributed by atoms with Crippen LogP contribution in [0.15, 0.2) is 51.9 Å². The molecule has 1 aromatic rings. The van der Waals surface area contributed by atoms with E-state index in [1.807, 2.05) is 0 Å². The number of aliphatic hydroxyl groups is 1. The van der Waals surface area contributed by atoms with E-state index in [1.54, 1.807) is 0 Å². The molecule has 0 amide bonds. The van der Waals surface area contributed by atoms with Crippen LogP contribution in [0.5, 0.6) is 5.75 Å². The SMILES string of the molecule is NC1C(Cl)=CC(O)=C/C1=C(\Cl)Nc1ccc(O)c(F)c1. The maximum absolute atomic E-state index is 13.2.